The third-order valence-corrected chi connectivity index (χ3v) is 3.71. The summed E-state index contributed by atoms with van der Waals surface area (Å²) in [5, 5.41) is 3.03. The molecule has 0 bridgehead atoms. The quantitative estimate of drug-likeness (QED) is 0.820. The highest BCUT2D eigenvalue weighted by Crippen LogP contribution is 2.27. The summed E-state index contributed by atoms with van der Waals surface area (Å²) in [5.41, 5.74) is 1.63. The Balaban J connectivity index is 2.54. The number of hydrogen-bond donors (Lipinski definition) is 2. The van der Waals surface area contributed by atoms with E-state index in [2.05, 4.69) is 52.9 Å². The van der Waals surface area contributed by atoms with Crippen LogP contribution in [0.15, 0.2) is 6.33 Å². The second-order valence-electron chi connectivity index (χ2n) is 5.74. The Morgan fingerprint density at radius 2 is 1.95 bits per heavy atom. The van der Waals surface area contributed by atoms with Crippen LogP contribution in [-0.4, -0.2) is 39.6 Å². The fraction of sp³-hybridized carbons (Fsp3) is 0.667. The smallest absolute Gasteiger partial charge is 0.226 e. The van der Waals surface area contributed by atoms with E-state index in [0.29, 0.717) is 23.6 Å². The molecule has 0 saturated carbocycles. The van der Waals surface area contributed by atoms with E-state index in [-0.39, 0.29) is 0 Å². The maximum absolute atomic E-state index is 4.69. The molecule has 2 aromatic rings. The van der Waals surface area contributed by atoms with Crippen LogP contribution in [0.5, 0.6) is 0 Å². The number of imidazole rings is 1. The number of nitrogens with one attached hydrogen (secondary N) is 2. The van der Waals surface area contributed by atoms with E-state index in [0.717, 1.165) is 30.7 Å². The average molecular weight is 290 g/mol. The van der Waals surface area contributed by atoms with Gasteiger partial charge in [-0.05, 0) is 18.8 Å². The van der Waals surface area contributed by atoms with Crippen LogP contribution in [-0.2, 0) is 0 Å². The van der Waals surface area contributed by atoms with Gasteiger partial charge in [0.2, 0.25) is 5.95 Å². The first-order chi connectivity index (χ1) is 10.1. The summed E-state index contributed by atoms with van der Waals surface area (Å²) in [4.78, 5) is 19.0. The van der Waals surface area contributed by atoms with Gasteiger partial charge in [-0.2, -0.15) is 9.97 Å². The van der Waals surface area contributed by atoms with Crippen molar-refractivity contribution in [2.24, 2.45) is 5.92 Å². The molecule has 2 N–H and O–H groups in total. The van der Waals surface area contributed by atoms with Gasteiger partial charge >= 0.3 is 0 Å². The van der Waals surface area contributed by atoms with Gasteiger partial charge in [-0.15, -0.1) is 0 Å². The van der Waals surface area contributed by atoms with Crippen molar-refractivity contribution < 1.29 is 0 Å². The Morgan fingerprint density at radius 1 is 1.24 bits per heavy atom. The molecular formula is C15H26N6. The molecular weight excluding hydrogens is 264 g/mol. The lowest BCUT2D eigenvalue weighted by atomic mass is 10.1. The van der Waals surface area contributed by atoms with Gasteiger partial charge in [-0.3, -0.25) is 0 Å². The monoisotopic (exact) mass is 290 g/mol. The number of hydrogen-bond acceptors (Lipinski definition) is 5. The van der Waals surface area contributed by atoms with Crippen LogP contribution in [0.2, 0.25) is 0 Å². The summed E-state index contributed by atoms with van der Waals surface area (Å²) >= 11 is 0. The van der Waals surface area contributed by atoms with Crippen molar-refractivity contribution in [1.82, 2.24) is 19.9 Å². The number of anilines is 2. The predicted molar refractivity (Wildman–Crippen MR) is 87.8 cm³/mol. The SMILES string of the molecule is CCC(CC)N(CC(C)C)c1nc(NC)nc2nc[nH]c12. The Labute approximate surface area is 126 Å². The van der Waals surface area contributed by atoms with Crippen molar-refractivity contribution in [1.29, 1.82) is 0 Å². The molecule has 0 radical (unpaired) electrons. The first-order valence-electron chi connectivity index (χ1n) is 7.76. The van der Waals surface area contributed by atoms with Crippen molar-refractivity contribution in [3.8, 4) is 0 Å². The van der Waals surface area contributed by atoms with E-state index in [1.165, 1.54) is 0 Å². The van der Waals surface area contributed by atoms with E-state index in [4.69, 9.17) is 4.98 Å². The summed E-state index contributed by atoms with van der Waals surface area (Å²) in [6, 6.07) is 0.471. The molecule has 0 aliphatic carbocycles. The molecule has 0 aliphatic rings. The number of aromatic amines is 1. The van der Waals surface area contributed by atoms with E-state index in [1.807, 2.05) is 7.05 Å². The highest BCUT2D eigenvalue weighted by Gasteiger charge is 2.22. The Bertz CT molecular complexity index is 573. The lowest BCUT2D eigenvalue weighted by Crippen LogP contribution is -2.38. The zero-order valence-electron chi connectivity index (χ0n) is 13.6. The largest absolute Gasteiger partial charge is 0.357 e. The van der Waals surface area contributed by atoms with Crippen molar-refractivity contribution in [2.45, 2.75) is 46.6 Å². The summed E-state index contributed by atoms with van der Waals surface area (Å²) in [6.07, 6.45) is 3.87. The number of rotatable bonds is 7. The number of nitrogens with zero attached hydrogens (tertiary/aromatic N) is 4. The molecule has 21 heavy (non-hydrogen) atoms. The zero-order chi connectivity index (χ0) is 15.4. The van der Waals surface area contributed by atoms with Crippen LogP contribution in [0.1, 0.15) is 40.5 Å². The minimum Gasteiger partial charge on any atom is -0.357 e. The van der Waals surface area contributed by atoms with Crippen molar-refractivity contribution in [3.63, 3.8) is 0 Å². The van der Waals surface area contributed by atoms with Gasteiger partial charge < -0.3 is 15.2 Å². The van der Waals surface area contributed by atoms with E-state index >= 15 is 0 Å². The maximum Gasteiger partial charge on any atom is 0.226 e. The third kappa shape index (κ3) is 3.25. The zero-order valence-corrected chi connectivity index (χ0v) is 13.6. The first-order valence-corrected chi connectivity index (χ1v) is 7.76. The highest BCUT2D eigenvalue weighted by atomic mass is 15.3. The summed E-state index contributed by atoms with van der Waals surface area (Å²) in [5.74, 6) is 2.13. The van der Waals surface area contributed by atoms with Gasteiger partial charge in [0, 0.05) is 19.6 Å². The van der Waals surface area contributed by atoms with Crippen molar-refractivity contribution in [3.05, 3.63) is 6.33 Å². The van der Waals surface area contributed by atoms with E-state index in [9.17, 15) is 0 Å². The Kier molecular flexibility index (Phi) is 4.98. The van der Waals surface area contributed by atoms with Crippen LogP contribution in [0, 0.1) is 5.92 Å². The number of fused-ring (bicyclic) bond motifs is 1. The summed E-state index contributed by atoms with van der Waals surface area (Å²) < 4.78 is 0. The normalized spacial score (nSPS) is 11.6. The summed E-state index contributed by atoms with van der Waals surface area (Å²) in [7, 11) is 1.83. The minimum absolute atomic E-state index is 0.471. The van der Waals surface area contributed by atoms with E-state index < -0.39 is 0 Å². The molecule has 0 spiro atoms. The standard InChI is InChI=1S/C15H26N6/c1-6-11(7-2)21(8-10(3)4)14-12-13(18-9-17-12)19-15(16-5)20-14/h9-11H,6-8H2,1-5H3,(H2,16,17,18,19,20). The van der Waals surface area contributed by atoms with Gasteiger partial charge in [-0.1, -0.05) is 27.7 Å². The molecule has 0 aromatic carbocycles. The molecule has 0 fully saturated rings. The first kappa shape index (κ1) is 15.5. The molecule has 116 valence electrons. The fourth-order valence-corrected chi connectivity index (χ4v) is 2.67. The summed E-state index contributed by atoms with van der Waals surface area (Å²) in [6.45, 7) is 9.90. The number of H-pyrrole nitrogens is 1. The highest BCUT2D eigenvalue weighted by molar-refractivity contribution is 5.84. The molecule has 2 heterocycles. The lowest BCUT2D eigenvalue weighted by molar-refractivity contribution is 0.504. The topological polar surface area (TPSA) is 69.7 Å². The second-order valence-corrected chi connectivity index (χ2v) is 5.74. The van der Waals surface area contributed by atoms with Crippen LogP contribution >= 0.6 is 0 Å². The van der Waals surface area contributed by atoms with Crippen LogP contribution in [0.3, 0.4) is 0 Å². The molecule has 0 aliphatic heterocycles. The number of aromatic nitrogens is 4. The van der Waals surface area contributed by atoms with Crippen LogP contribution < -0.4 is 10.2 Å². The van der Waals surface area contributed by atoms with Gasteiger partial charge in [0.25, 0.3) is 0 Å². The second kappa shape index (κ2) is 6.74. The molecule has 0 amide bonds. The van der Waals surface area contributed by atoms with Gasteiger partial charge in [0.15, 0.2) is 11.5 Å². The molecule has 2 aromatic heterocycles. The van der Waals surface area contributed by atoms with Crippen LogP contribution in [0.4, 0.5) is 11.8 Å². The van der Waals surface area contributed by atoms with Gasteiger partial charge in [-0.25, -0.2) is 4.98 Å². The molecule has 0 saturated heterocycles. The molecule has 0 atom stereocenters. The Morgan fingerprint density at radius 3 is 2.52 bits per heavy atom. The lowest BCUT2D eigenvalue weighted by Gasteiger charge is -2.33. The average Bonchev–Trinajstić information content (AvgIpc) is 2.94. The van der Waals surface area contributed by atoms with Gasteiger partial charge in [0.1, 0.15) is 5.52 Å². The van der Waals surface area contributed by atoms with Crippen molar-refractivity contribution >= 4 is 22.9 Å². The van der Waals surface area contributed by atoms with Gasteiger partial charge in [0.05, 0.1) is 6.33 Å². The molecule has 0 unspecified atom stereocenters. The molecule has 6 heteroatoms. The third-order valence-electron chi connectivity index (χ3n) is 3.71. The molecule has 2 rings (SSSR count). The fourth-order valence-electron chi connectivity index (χ4n) is 2.67. The predicted octanol–water partition coefficient (Wildman–Crippen LogP) is 3.05. The van der Waals surface area contributed by atoms with E-state index in [1.54, 1.807) is 6.33 Å². The minimum atomic E-state index is 0.471. The van der Waals surface area contributed by atoms with Crippen LogP contribution in [0.25, 0.3) is 11.2 Å². The van der Waals surface area contributed by atoms with Crippen molar-refractivity contribution in [2.75, 3.05) is 23.8 Å². The molecule has 6 nitrogen and oxygen atoms in total. The maximum atomic E-state index is 4.69. The Hall–Kier alpha value is -1.85.